The van der Waals surface area contributed by atoms with Crippen molar-refractivity contribution in [3.05, 3.63) is 71.1 Å². The van der Waals surface area contributed by atoms with Crippen LogP contribution in [-0.4, -0.2) is 36.9 Å². The smallest absolute Gasteiger partial charge is 0.233 e. The van der Waals surface area contributed by atoms with Crippen LogP contribution in [0.3, 0.4) is 0 Å². The fraction of sp³-hybridized carbons (Fsp3) is 0.211. The highest BCUT2D eigenvalue weighted by Crippen LogP contribution is 2.23. The number of amides is 1. The molecule has 0 bridgehead atoms. The molecule has 0 aliphatic heterocycles. The number of carbonyl (C=O) groups excluding carboxylic acids is 1. The van der Waals surface area contributed by atoms with Crippen molar-refractivity contribution in [3.8, 4) is 0 Å². The molecule has 0 spiro atoms. The summed E-state index contributed by atoms with van der Waals surface area (Å²) in [5.74, 6) is -0.435. The largest absolute Gasteiger partial charge is 0.286 e. The lowest BCUT2D eigenvalue weighted by molar-refractivity contribution is -0.158. The molecular formula is C19H19NO4S2. The number of rotatable bonds is 8. The summed E-state index contributed by atoms with van der Waals surface area (Å²) in [7, 11) is -3.52. The number of carbonyl (C=O) groups is 1. The maximum atomic E-state index is 12.6. The molecule has 2 aromatic carbocycles. The van der Waals surface area contributed by atoms with Crippen LogP contribution in [0, 0.1) is 0 Å². The van der Waals surface area contributed by atoms with E-state index in [4.69, 9.17) is 0 Å². The predicted octanol–water partition coefficient (Wildman–Crippen LogP) is 3.28. The first-order valence-electron chi connectivity index (χ1n) is 8.10. The highest BCUT2D eigenvalue weighted by Gasteiger charge is 2.24. The third-order valence-corrected chi connectivity index (χ3v) is 6.71. The monoisotopic (exact) mass is 389 g/mol. The highest BCUT2D eigenvalue weighted by atomic mass is 32.2. The zero-order valence-corrected chi connectivity index (χ0v) is 15.6. The Morgan fingerprint density at radius 2 is 1.85 bits per heavy atom. The summed E-state index contributed by atoms with van der Waals surface area (Å²) in [5, 5.41) is 13.3. The van der Waals surface area contributed by atoms with E-state index in [1.165, 1.54) is 0 Å². The summed E-state index contributed by atoms with van der Waals surface area (Å²) >= 11 is 1.60. The number of hydroxylamine groups is 2. The predicted molar refractivity (Wildman–Crippen MR) is 103 cm³/mol. The summed E-state index contributed by atoms with van der Waals surface area (Å²) in [4.78, 5) is 11.0. The molecule has 0 fully saturated rings. The zero-order valence-electron chi connectivity index (χ0n) is 14.0. The van der Waals surface area contributed by atoms with Crippen LogP contribution in [0.2, 0.25) is 0 Å². The van der Waals surface area contributed by atoms with Crippen LogP contribution in [0.1, 0.15) is 11.1 Å². The zero-order chi connectivity index (χ0) is 18.6. The third-order valence-electron chi connectivity index (χ3n) is 4.15. The van der Waals surface area contributed by atoms with E-state index in [9.17, 15) is 18.4 Å². The molecule has 1 amide bonds. The molecule has 1 aromatic heterocycles. The Kier molecular flexibility index (Phi) is 5.70. The molecule has 26 heavy (non-hydrogen) atoms. The summed E-state index contributed by atoms with van der Waals surface area (Å²) in [6.45, 7) is 0. The Labute approximate surface area is 156 Å². The van der Waals surface area contributed by atoms with E-state index in [1.54, 1.807) is 17.4 Å². The number of nitrogens with zero attached hydrogens (tertiary/aromatic N) is 1. The van der Waals surface area contributed by atoms with Gasteiger partial charge in [0.2, 0.25) is 6.41 Å². The first-order chi connectivity index (χ1) is 12.5. The number of fused-ring (bicyclic) bond motifs is 1. The molecule has 5 nitrogen and oxygen atoms in total. The van der Waals surface area contributed by atoms with E-state index in [1.807, 2.05) is 53.9 Å². The summed E-state index contributed by atoms with van der Waals surface area (Å²) < 4.78 is 26.4. The number of sulfone groups is 1. The quantitative estimate of drug-likeness (QED) is 0.364. The van der Waals surface area contributed by atoms with E-state index < -0.39 is 15.9 Å². The van der Waals surface area contributed by atoms with E-state index in [2.05, 4.69) is 0 Å². The number of hydrogen-bond donors (Lipinski definition) is 1. The summed E-state index contributed by atoms with van der Waals surface area (Å²) in [6.07, 6.45) is 0.513. The Bertz CT molecular complexity index is 983. The summed E-state index contributed by atoms with van der Waals surface area (Å²) in [6, 6.07) is 15.9. The van der Waals surface area contributed by atoms with Crippen LogP contribution in [0.4, 0.5) is 0 Å². The lowest BCUT2D eigenvalue weighted by Gasteiger charge is -2.22. The van der Waals surface area contributed by atoms with Crippen molar-refractivity contribution in [3.63, 3.8) is 0 Å². The molecule has 1 N–H and O–H groups in total. The first kappa shape index (κ1) is 18.6. The molecule has 0 radical (unpaired) electrons. The van der Waals surface area contributed by atoms with Crippen LogP contribution in [-0.2, 0) is 26.8 Å². The molecule has 136 valence electrons. The van der Waals surface area contributed by atoms with Gasteiger partial charge in [-0.15, -0.1) is 11.3 Å². The van der Waals surface area contributed by atoms with Crippen molar-refractivity contribution in [2.75, 3.05) is 5.75 Å². The van der Waals surface area contributed by atoms with Gasteiger partial charge in [0.05, 0.1) is 17.5 Å². The van der Waals surface area contributed by atoms with Crippen molar-refractivity contribution in [1.29, 1.82) is 0 Å². The van der Waals surface area contributed by atoms with Crippen LogP contribution >= 0.6 is 11.3 Å². The van der Waals surface area contributed by atoms with Crippen LogP contribution in [0.5, 0.6) is 0 Å². The SMILES string of the molecule is O=CN(O)[C@@H](Cc1ccccc1)CS(=O)(=O)Cc1ccc2sccc2c1. The first-order valence-corrected chi connectivity index (χ1v) is 10.8. The van der Waals surface area contributed by atoms with Gasteiger partial charge in [0.15, 0.2) is 9.84 Å². The second-order valence-electron chi connectivity index (χ2n) is 6.18. The molecule has 0 saturated carbocycles. The number of thiophene rings is 1. The minimum atomic E-state index is -3.52. The van der Waals surface area contributed by atoms with Gasteiger partial charge < -0.3 is 0 Å². The van der Waals surface area contributed by atoms with Crippen LogP contribution in [0.15, 0.2) is 60.0 Å². The lowest BCUT2D eigenvalue weighted by Crippen LogP contribution is -2.39. The van der Waals surface area contributed by atoms with E-state index in [0.717, 1.165) is 15.6 Å². The van der Waals surface area contributed by atoms with Crippen molar-refractivity contribution in [1.82, 2.24) is 5.06 Å². The van der Waals surface area contributed by atoms with Gasteiger partial charge in [-0.1, -0.05) is 36.4 Å². The molecule has 7 heteroatoms. The standard InChI is InChI=1S/C19H19NO4S2/c21-14-20(22)18(11-15-4-2-1-3-5-15)13-26(23,24)12-16-6-7-19-17(10-16)8-9-25-19/h1-10,14,18,22H,11-13H2/t18-/m0/s1. The van der Waals surface area contributed by atoms with Gasteiger partial charge in [0.1, 0.15) is 0 Å². The number of benzene rings is 2. The van der Waals surface area contributed by atoms with Gasteiger partial charge >= 0.3 is 0 Å². The van der Waals surface area contributed by atoms with Crippen LogP contribution in [0.25, 0.3) is 10.1 Å². The Hall–Kier alpha value is -2.22. The molecule has 0 aliphatic rings. The fourth-order valence-corrected chi connectivity index (χ4v) is 5.35. The van der Waals surface area contributed by atoms with E-state index in [-0.39, 0.29) is 24.3 Å². The molecule has 1 heterocycles. The number of hydrogen-bond acceptors (Lipinski definition) is 5. The molecule has 0 saturated heterocycles. The molecular weight excluding hydrogens is 370 g/mol. The van der Waals surface area contributed by atoms with Gasteiger partial charge in [-0.3, -0.25) is 10.0 Å². The van der Waals surface area contributed by atoms with Gasteiger partial charge in [-0.05, 0) is 46.5 Å². The Morgan fingerprint density at radius 1 is 1.08 bits per heavy atom. The molecule has 1 atom stereocenters. The molecule has 3 aromatic rings. The van der Waals surface area contributed by atoms with Gasteiger partial charge in [-0.25, -0.2) is 13.5 Å². The molecule has 3 rings (SSSR count). The van der Waals surface area contributed by atoms with E-state index in [0.29, 0.717) is 10.6 Å². The average molecular weight is 389 g/mol. The van der Waals surface area contributed by atoms with E-state index >= 15 is 0 Å². The van der Waals surface area contributed by atoms with Crippen molar-refractivity contribution in [2.45, 2.75) is 18.2 Å². The fourth-order valence-electron chi connectivity index (χ4n) is 2.91. The normalized spacial score (nSPS) is 12.8. The Morgan fingerprint density at radius 3 is 2.58 bits per heavy atom. The highest BCUT2D eigenvalue weighted by molar-refractivity contribution is 7.90. The molecule has 0 aliphatic carbocycles. The lowest BCUT2D eigenvalue weighted by atomic mass is 10.1. The Balaban J connectivity index is 1.76. The van der Waals surface area contributed by atoms with Gasteiger partial charge in [0, 0.05) is 4.70 Å². The van der Waals surface area contributed by atoms with Gasteiger partial charge in [-0.2, -0.15) is 0 Å². The van der Waals surface area contributed by atoms with Crippen molar-refractivity contribution in [2.24, 2.45) is 0 Å². The molecule has 0 unspecified atom stereocenters. The second-order valence-corrected chi connectivity index (χ2v) is 9.23. The summed E-state index contributed by atoms with van der Waals surface area (Å²) in [5.41, 5.74) is 1.55. The average Bonchev–Trinajstić information content (AvgIpc) is 3.08. The van der Waals surface area contributed by atoms with Crippen molar-refractivity contribution >= 4 is 37.7 Å². The third kappa shape index (κ3) is 4.69. The van der Waals surface area contributed by atoms with Gasteiger partial charge in [0.25, 0.3) is 0 Å². The maximum Gasteiger partial charge on any atom is 0.233 e. The maximum absolute atomic E-state index is 12.6. The second kappa shape index (κ2) is 7.99. The topological polar surface area (TPSA) is 74.7 Å². The van der Waals surface area contributed by atoms with Crippen LogP contribution < -0.4 is 0 Å². The minimum Gasteiger partial charge on any atom is -0.286 e. The van der Waals surface area contributed by atoms with Crippen molar-refractivity contribution < 1.29 is 18.4 Å². The minimum absolute atomic E-state index is 0.128.